The van der Waals surface area contributed by atoms with Gasteiger partial charge in [-0.3, -0.25) is 9.69 Å². The normalized spacial score (nSPS) is 24.2. The van der Waals surface area contributed by atoms with Crippen LogP contribution in [0.3, 0.4) is 0 Å². The van der Waals surface area contributed by atoms with Crippen molar-refractivity contribution >= 4 is 11.6 Å². The molecular weight excluding hydrogens is 274 g/mol. The van der Waals surface area contributed by atoms with Crippen LogP contribution in [0.25, 0.3) is 0 Å². The topological polar surface area (TPSA) is 35.6 Å². The first-order chi connectivity index (χ1) is 10.7. The number of nitrogens with zero attached hydrogens (tertiary/aromatic N) is 2. The molecule has 1 amide bonds. The van der Waals surface area contributed by atoms with Gasteiger partial charge in [0.15, 0.2) is 0 Å². The van der Waals surface area contributed by atoms with Gasteiger partial charge in [-0.25, -0.2) is 0 Å². The lowest BCUT2D eigenvalue weighted by molar-refractivity contribution is -0.130. The largest absolute Gasteiger partial charge is 0.381 e. The van der Waals surface area contributed by atoms with Crippen molar-refractivity contribution in [2.45, 2.75) is 44.7 Å². The molecule has 0 bridgehead atoms. The number of para-hydroxylation sites is 1. The Hall–Kier alpha value is -1.55. The number of carbonyl (C=O) groups excluding carboxylic acids is 1. The lowest BCUT2D eigenvalue weighted by Gasteiger charge is -2.42. The highest BCUT2D eigenvalue weighted by molar-refractivity contribution is 5.73. The molecule has 0 radical (unpaired) electrons. The second-order valence-corrected chi connectivity index (χ2v) is 6.58. The second-order valence-electron chi connectivity index (χ2n) is 6.58. The highest BCUT2D eigenvalue weighted by Crippen LogP contribution is 2.23. The van der Waals surface area contributed by atoms with Crippen molar-refractivity contribution < 1.29 is 4.79 Å². The van der Waals surface area contributed by atoms with Crippen LogP contribution in [-0.4, -0.2) is 54.0 Å². The van der Waals surface area contributed by atoms with E-state index in [1.54, 1.807) is 6.92 Å². The predicted molar refractivity (Wildman–Crippen MR) is 89.9 cm³/mol. The number of nitrogens with one attached hydrogen (secondary N) is 1. The van der Waals surface area contributed by atoms with Crippen LogP contribution in [-0.2, 0) is 4.79 Å². The maximum atomic E-state index is 11.4. The lowest BCUT2D eigenvalue weighted by atomic mass is 9.97. The number of amides is 1. The minimum absolute atomic E-state index is 0.223. The Morgan fingerprint density at radius 1 is 1.09 bits per heavy atom. The Balaban J connectivity index is 1.52. The molecule has 0 aromatic heterocycles. The fourth-order valence-corrected chi connectivity index (χ4v) is 3.77. The van der Waals surface area contributed by atoms with Crippen LogP contribution in [0.4, 0.5) is 5.69 Å². The molecule has 1 aromatic rings. The number of anilines is 1. The number of rotatable bonds is 3. The lowest BCUT2D eigenvalue weighted by Crippen LogP contribution is -2.51. The molecule has 2 aliphatic heterocycles. The third kappa shape index (κ3) is 3.80. The second kappa shape index (κ2) is 7.14. The van der Waals surface area contributed by atoms with E-state index in [-0.39, 0.29) is 5.91 Å². The number of carbonyl (C=O) groups is 1. The van der Waals surface area contributed by atoms with Crippen molar-refractivity contribution in [3.05, 3.63) is 30.3 Å². The smallest absolute Gasteiger partial charge is 0.219 e. The van der Waals surface area contributed by atoms with Gasteiger partial charge in [-0.1, -0.05) is 18.2 Å². The SMILES string of the molecule is CC(=O)N1CCC(N2CCC[C@H](Nc3ccccc3)C2)CC1. The summed E-state index contributed by atoms with van der Waals surface area (Å²) in [5, 5.41) is 3.67. The minimum atomic E-state index is 0.223. The molecule has 4 nitrogen and oxygen atoms in total. The Kier molecular flexibility index (Phi) is 4.98. The quantitative estimate of drug-likeness (QED) is 0.932. The van der Waals surface area contributed by atoms with Gasteiger partial charge in [-0.15, -0.1) is 0 Å². The van der Waals surface area contributed by atoms with Crippen LogP contribution in [0.5, 0.6) is 0 Å². The summed E-state index contributed by atoms with van der Waals surface area (Å²) < 4.78 is 0. The molecule has 0 spiro atoms. The molecule has 0 aliphatic carbocycles. The first kappa shape index (κ1) is 15.3. The van der Waals surface area contributed by atoms with E-state index >= 15 is 0 Å². The van der Waals surface area contributed by atoms with E-state index < -0.39 is 0 Å². The van der Waals surface area contributed by atoms with Crippen LogP contribution in [0, 0.1) is 0 Å². The van der Waals surface area contributed by atoms with Crippen LogP contribution >= 0.6 is 0 Å². The van der Waals surface area contributed by atoms with Gasteiger partial charge >= 0.3 is 0 Å². The summed E-state index contributed by atoms with van der Waals surface area (Å²) >= 11 is 0. The summed E-state index contributed by atoms with van der Waals surface area (Å²) in [6.45, 7) is 5.86. The maximum absolute atomic E-state index is 11.4. The molecule has 2 heterocycles. The van der Waals surface area contributed by atoms with Gasteiger partial charge in [0.25, 0.3) is 0 Å². The van der Waals surface area contributed by atoms with Gasteiger partial charge in [0.05, 0.1) is 0 Å². The van der Waals surface area contributed by atoms with Crippen LogP contribution < -0.4 is 5.32 Å². The number of piperidine rings is 2. The standard InChI is InChI=1S/C18H27N3O/c1-15(22)20-12-9-18(10-13-20)21-11-5-8-17(14-21)19-16-6-3-2-4-7-16/h2-4,6-7,17-19H,5,8-14H2,1H3/t17-/m0/s1. The van der Waals surface area contributed by atoms with Gasteiger partial charge in [0.2, 0.25) is 5.91 Å². The summed E-state index contributed by atoms with van der Waals surface area (Å²) in [6.07, 6.45) is 4.75. The van der Waals surface area contributed by atoms with E-state index in [1.807, 2.05) is 4.90 Å². The first-order valence-electron chi connectivity index (χ1n) is 8.53. The van der Waals surface area contributed by atoms with Gasteiger partial charge in [0.1, 0.15) is 0 Å². The minimum Gasteiger partial charge on any atom is -0.381 e. The predicted octanol–water partition coefficient (Wildman–Crippen LogP) is 2.57. The molecule has 4 heteroatoms. The van der Waals surface area contributed by atoms with E-state index in [1.165, 1.54) is 25.1 Å². The third-order valence-corrected chi connectivity index (χ3v) is 5.02. The van der Waals surface area contributed by atoms with Crippen LogP contribution in [0.1, 0.15) is 32.6 Å². The number of likely N-dealkylation sites (tertiary alicyclic amines) is 2. The van der Waals surface area contributed by atoms with Gasteiger partial charge in [-0.05, 0) is 44.4 Å². The van der Waals surface area contributed by atoms with Crippen molar-refractivity contribution in [2.75, 3.05) is 31.5 Å². The van der Waals surface area contributed by atoms with Crippen molar-refractivity contribution in [3.8, 4) is 0 Å². The molecule has 3 rings (SSSR count). The van der Waals surface area contributed by atoms with E-state index in [9.17, 15) is 4.79 Å². The number of hydrogen-bond donors (Lipinski definition) is 1. The van der Waals surface area contributed by atoms with E-state index in [0.717, 1.165) is 32.5 Å². The van der Waals surface area contributed by atoms with E-state index in [4.69, 9.17) is 0 Å². The molecule has 22 heavy (non-hydrogen) atoms. The van der Waals surface area contributed by atoms with Crippen molar-refractivity contribution in [2.24, 2.45) is 0 Å². The molecule has 1 aromatic carbocycles. The summed E-state index contributed by atoms with van der Waals surface area (Å²) in [5.74, 6) is 0.223. The fourth-order valence-electron chi connectivity index (χ4n) is 3.77. The molecule has 2 aliphatic rings. The van der Waals surface area contributed by atoms with E-state index in [0.29, 0.717) is 12.1 Å². The fraction of sp³-hybridized carbons (Fsp3) is 0.611. The monoisotopic (exact) mass is 301 g/mol. The number of hydrogen-bond acceptors (Lipinski definition) is 3. The molecule has 2 fully saturated rings. The Morgan fingerprint density at radius 3 is 2.50 bits per heavy atom. The van der Waals surface area contributed by atoms with E-state index in [2.05, 4.69) is 40.5 Å². The third-order valence-electron chi connectivity index (χ3n) is 5.02. The van der Waals surface area contributed by atoms with Crippen molar-refractivity contribution in [3.63, 3.8) is 0 Å². The Bertz CT molecular complexity index is 482. The zero-order valence-corrected chi connectivity index (χ0v) is 13.5. The van der Waals surface area contributed by atoms with Gasteiger partial charge in [0, 0.05) is 44.3 Å². The summed E-state index contributed by atoms with van der Waals surface area (Å²) in [6, 6.07) is 11.7. The van der Waals surface area contributed by atoms with Crippen LogP contribution in [0.15, 0.2) is 30.3 Å². The summed E-state index contributed by atoms with van der Waals surface area (Å²) in [5.41, 5.74) is 1.22. The highest BCUT2D eigenvalue weighted by Gasteiger charge is 2.29. The first-order valence-corrected chi connectivity index (χ1v) is 8.53. The summed E-state index contributed by atoms with van der Waals surface area (Å²) in [4.78, 5) is 16.1. The average molecular weight is 301 g/mol. The molecule has 120 valence electrons. The Labute approximate surface area is 133 Å². The molecule has 2 saturated heterocycles. The molecule has 0 saturated carbocycles. The molecular formula is C18H27N3O. The highest BCUT2D eigenvalue weighted by atomic mass is 16.2. The maximum Gasteiger partial charge on any atom is 0.219 e. The van der Waals surface area contributed by atoms with Crippen molar-refractivity contribution in [1.82, 2.24) is 9.80 Å². The zero-order valence-electron chi connectivity index (χ0n) is 13.5. The average Bonchev–Trinajstić information content (AvgIpc) is 2.56. The van der Waals surface area contributed by atoms with Gasteiger partial charge < -0.3 is 10.2 Å². The van der Waals surface area contributed by atoms with Crippen molar-refractivity contribution in [1.29, 1.82) is 0 Å². The molecule has 1 atom stereocenters. The van der Waals surface area contributed by atoms with Crippen LogP contribution in [0.2, 0.25) is 0 Å². The Morgan fingerprint density at radius 2 is 1.82 bits per heavy atom. The zero-order chi connectivity index (χ0) is 15.4. The molecule has 0 unspecified atom stereocenters. The summed E-state index contributed by atoms with van der Waals surface area (Å²) in [7, 11) is 0. The molecule has 1 N–H and O–H groups in total. The van der Waals surface area contributed by atoms with Gasteiger partial charge in [-0.2, -0.15) is 0 Å². The number of benzene rings is 1.